The third kappa shape index (κ3) is 2.51. The second-order valence-corrected chi connectivity index (χ2v) is 6.23. The van der Waals surface area contributed by atoms with Crippen LogP contribution in [0, 0.1) is 17.8 Å². The van der Waals surface area contributed by atoms with Crippen LogP contribution in [-0.2, 0) is 14.4 Å². The molecule has 1 aromatic rings. The van der Waals surface area contributed by atoms with E-state index in [4.69, 9.17) is 4.74 Å². The van der Waals surface area contributed by atoms with Gasteiger partial charge in [-0.2, -0.15) is 0 Å². The lowest BCUT2D eigenvalue weighted by Gasteiger charge is -2.25. The fraction of sp³-hybridized carbons (Fsp3) is 0.471. The molecular weight excluding hydrogens is 282 g/mol. The minimum atomic E-state index is -0.402. The van der Waals surface area contributed by atoms with E-state index in [-0.39, 0.29) is 23.7 Å². The lowest BCUT2D eigenvalue weighted by atomic mass is 9.76. The van der Waals surface area contributed by atoms with Crippen LogP contribution >= 0.6 is 0 Å². The number of imide groups is 1. The van der Waals surface area contributed by atoms with Gasteiger partial charge >= 0.3 is 5.97 Å². The van der Waals surface area contributed by atoms with Crippen LogP contribution in [0.25, 0.3) is 0 Å². The van der Waals surface area contributed by atoms with Gasteiger partial charge in [-0.15, -0.1) is 0 Å². The summed E-state index contributed by atoms with van der Waals surface area (Å²) in [6.45, 7) is 3.46. The number of carbonyl (C=O) groups is 3. The van der Waals surface area contributed by atoms with Gasteiger partial charge in [0.1, 0.15) is 5.75 Å². The topological polar surface area (TPSA) is 63.7 Å². The minimum Gasteiger partial charge on any atom is -0.427 e. The van der Waals surface area contributed by atoms with Crippen LogP contribution in [0.4, 0.5) is 5.69 Å². The molecule has 2 aliphatic rings. The van der Waals surface area contributed by atoms with Crippen LogP contribution in [0.3, 0.4) is 0 Å². The molecule has 0 spiro atoms. The molecule has 2 amide bonds. The summed E-state index contributed by atoms with van der Waals surface area (Å²) in [6, 6.07) is 6.49. The lowest BCUT2D eigenvalue weighted by molar-refractivity contribution is -0.132. The van der Waals surface area contributed by atoms with E-state index >= 15 is 0 Å². The molecule has 1 aliphatic heterocycles. The number of benzene rings is 1. The van der Waals surface area contributed by atoms with E-state index in [0.717, 1.165) is 19.3 Å². The molecule has 3 rings (SSSR count). The molecule has 5 heteroatoms. The number of carbonyl (C=O) groups excluding carboxylic acids is 3. The third-order valence-electron chi connectivity index (χ3n) is 4.54. The van der Waals surface area contributed by atoms with Crippen LogP contribution < -0.4 is 9.64 Å². The number of hydrogen-bond donors (Lipinski definition) is 0. The van der Waals surface area contributed by atoms with Crippen molar-refractivity contribution >= 4 is 23.5 Å². The highest BCUT2D eigenvalue weighted by molar-refractivity contribution is 6.22. The van der Waals surface area contributed by atoms with E-state index < -0.39 is 5.97 Å². The van der Waals surface area contributed by atoms with Crippen LogP contribution in [0.15, 0.2) is 24.3 Å². The molecule has 3 unspecified atom stereocenters. The average Bonchev–Trinajstić information content (AvgIpc) is 2.71. The van der Waals surface area contributed by atoms with Gasteiger partial charge in [0.15, 0.2) is 0 Å². The Hall–Kier alpha value is -2.17. The van der Waals surface area contributed by atoms with Crippen molar-refractivity contribution in [3.8, 4) is 5.75 Å². The molecule has 116 valence electrons. The molecule has 1 heterocycles. The molecule has 0 aromatic heterocycles. The first kappa shape index (κ1) is 14.8. The number of fused-ring (bicyclic) bond motifs is 1. The molecule has 3 atom stereocenters. The number of anilines is 1. The summed E-state index contributed by atoms with van der Waals surface area (Å²) in [4.78, 5) is 37.3. The van der Waals surface area contributed by atoms with Crippen LogP contribution in [0.1, 0.15) is 33.1 Å². The van der Waals surface area contributed by atoms with Crippen molar-refractivity contribution < 1.29 is 19.1 Å². The maximum Gasteiger partial charge on any atom is 0.308 e. The minimum absolute atomic E-state index is 0.0952. The zero-order chi connectivity index (χ0) is 15.9. The van der Waals surface area contributed by atoms with E-state index in [2.05, 4.69) is 6.92 Å². The molecule has 0 N–H and O–H groups in total. The first-order valence-corrected chi connectivity index (χ1v) is 7.63. The maximum atomic E-state index is 12.6. The van der Waals surface area contributed by atoms with Crippen molar-refractivity contribution in [3.05, 3.63) is 24.3 Å². The fourth-order valence-corrected chi connectivity index (χ4v) is 3.47. The van der Waals surface area contributed by atoms with Gasteiger partial charge in [0.25, 0.3) is 0 Å². The van der Waals surface area contributed by atoms with Gasteiger partial charge in [0.2, 0.25) is 11.8 Å². The number of ether oxygens (including phenoxy) is 1. The normalized spacial score (nSPS) is 27.7. The van der Waals surface area contributed by atoms with Gasteiger partial charge < -0.3 is 4.74 Å². The highest BCUT2D eigenvalue weighted by atomic mass is 16.5. The standard InChI is InChI=1S/C17H19NO4/c1-10-3-8-14-15(9-10)17(21)18(16(14)20)12-4-6-13(7-5-12)22-11(2)19/h4-7,10,14-15H,3,8-9H2,1-2H3. The smallest absolute Gasteiger partial charge is 0.308 e. The Balaban J connectivity index is 1.83. The maximum absolute atomic E-state index is 12.6. The molecule has 5 nitrogen and oxygen atoms in total. The number of nitrogens with zero attached hydrogens (tertiary/aromatic N) is 1. The van der Waals surface area contributed by atoms with E-state index in [9.17, 15) is 14.4 Å². The fourth-order valence-electron chi connectivity index (χ4n) is 3.47. The van der Waals surface area contributed by atoms with Crippen LogP contribution in [0.5, 0.6) is 5.75 Å². The van der Waals surface area contributed by atoms with Crippen molar-refractivity contribution in [3.63, 3.8) is 0 Å². The zero-order valence-electron chi connectivity index (χ0n) is 12.7. The summed E-state index contributed by atoms with van der Waals surface area (Å²) >= 11 is 0. The lowest BCUT2D eigenvalue weighted by Crippen LogP contribution is -2.30. The Kier molecular flexibility index (Phi) is 3.72. The second-order valence-electron chi connectivity index (χ2n) is 6.23. The quantitative estimate of drug-likeness (QED) is 0.478. The largest absolute Gasteiger partial charge is 0.427 e. The molecule has 0 radical (unpaired) electrons. The Bertz CT molecular complexity index is 622. The molecule has 22 heavy (non-hydrogen) atoms. The Morgan fingerprint density at radius 2 is 1.73 bits per heavy atom. The van der Waals surface area contributed by atoms with Crippen molar-refractivity contribution in [2.75, 3.05) is 4.90 Å². The molecule has 0 bridgehead atoms. The Labute approximate surface area is 129 Å². The summed E-state index contributed by atoms with van der Waals surface area (Å²) in [5.41, 5.74) is 0.549. The number of rotatable bonds is 2. The Morgan fingerprint density at radius 1 is 1.09 bits per heavy atom. The van der Waals surface area contributed by atoms with Gasteiger partial charge in [-0.1, -0.05) is 6.92 Å². The second kappa shape index (κ2) is 5.55. The van der Waals surface area contributed by atoms with E-state index in [1.807, 2.05) is 0 Å². The summed E-state index contributed by atoms with van der Waals surface area (Å²) in [7, 11) is 0. The zero-order valence-corrected chi connectivity index (χ0v) is 12.7. The predicted octanol–water partition coefficient (Wildman–Crippen LogP) is 2.54. The summed E-state index contributed by atoms with van der Waals surface area (Å²) in [5.74, 6) is -0.0445. The van der Waals surface area contributed by atoms with Gasteiger partial charge in [-0.25, -0.2) is 0 Å². The van der Waals surface area contributed by atoms with Gasteiger partial charge in [0, 0.05) is 6.92 Å². The molecular formula is C17H19NO4. The Morgan fingerprint density at radius 3 is 2.36 bits per heavy atom. The third-order valence-corrected chi connectivity index (χ3v) is 4.54. The SMILES string of the molecule is CC(=O)Oc1ccc(N2C(=O)C3CCC(C)CC3C2=O)cc1. The monoisotopic (exact) mass is 301 g/mol. The summed E-state index contributed by atoms with van der Waals surface area (Å²) in [5, 5.41) is 0. The molecule has 1 aromatic carbocycles. The molecule has 1 saturated carbocycles. The highest BCUT2D eigenvalue weighted by Gasteiger charge is 2.49. The van der Waals surface area contributed by atoms with Crippen LogP contribution in [-0.4, -0.2) is 17.8 Å². The number of hydrogen-bond acceptors (Lipinski definition) is 4. The highest BCUT2D eigenvalue weighted by Crippen LogP contribution is 2.42. The van der Waals surface area contributed by atoms with Gasteiger partial charge in [-0.3, -0.25) is 19.3 Å². The van der Waals surface area contributed by atoms with Crippen molar-refractivity contribution in [2.24, 2.45) is 17.8 Å². The van der Waals surface area contributed by atoms with Crippen molar-refractivity contribution in [2.45, 2.75) is 33.1 Å². The molecule has 2 fully saturated rings. The van der Waals surface area contributed by atoms with Crippen molar-refractivity contribution in [1.82, 2.24) is 0 Å². The molecule has 1 aliphatic carbocycles. The average molecular weight is 301 g/mol. The van der Waals surface area contributed by atoms with Crippen LogP contribution in [0.2, 0.25) is 0 Å². The first-order chi connectivity index (χ1) is 10.5. The van der Waals surface area contributed by atoms with E-state index in [1.54, 1.807) is 24.3 Å². The van der Waals surface area contributed by atoms with E-state index in [1.165, 1.54) is 11.8 Å². The first-order valence-electron chi connectivity index (χ1n) is 7.63. The summed E-state index contributed by atoms with van der Waals surface area (Å²) < 4.78 is 4.97. The van der Waals surface area contributed by atoms with Gasteiger partial charge in [-0.05, 0) is 49.4 Å². The number of esters is 1. The summed E-state index contributed by atoms with van der Waals surface area (Å²) in [6.07, 6.45) is 2.58. The van der Waals surface area contributed by atoms with Gasteiger partial charge in [0.05, 0.1) is 17.5 Å². The van der Waals surface area contributed by atoms with E-state index in [0.29, 0.717) is 17.4 Å². The predicted molar refractivity (Wildman–Crippen MR) is 80.2 cm³/mol. The number of amides is 2. The van der Waals surface area contributed by atoms with Crippen molar-refractivity contribution in [1.29, 1.82) is 0 Å². The molecule has 1 saturated heterocycles.